The van der Waals surface area contributed by atoms with Crippen LogP contribution in [0.2, 0.25) is 0 Å². The van der Waals surface area contributed by atoms with Crippen molar-refractivity contribution in [2.45, 2.75) is 33.7 Å². The van der Waals surface area contributed by atoms with E-state index in [0.717, 1.165) is 40.7 Å². The molecule has 2 heterocycles. The van der Waals surface area contributed by atoms with Gasteiger partial charge in [0.2, 0.25) is 0 Å². The first-order chi connectivity index (χ1) is 7.65. The van der Waals surface area contributed by atoms with Gasteiger partial charge in [0.05, 0.1) is 10.6 Å². The summed E-state index contributed by atoms with van der Waals surface area (Å²) in [5, 5.41) is 10.4. The van der Waals surface area contributed by atoms with Gasteiger partial charge >= 0.3 is 0 Å². The number of nitrogens with two attached hydrogens (primary N) is 1. The minimum atomic E-state index is 0.828. The van der Waals surface area contributed by atoms with Gasteiger partial charge in [0.15, 0.2) is 5.82 Å². The van der Waals surface area contributed by atoms with Crippen LogP contribution < -0.4 is 5.73 Å². The lowest BCUT2D eigenvalue weighted by Crippen LogP contribution is -2.02. The summed E-state index contributed by atoms with van der Waals surface area (Å²) in [5.41, 5.74) is 7.98. The van der Waals surface area contributed by atoms with Crippen LogP contribution in [0.5, 0.6) is 0 Å². The van der Waals surface area contributed by atoms with Crippen molar-refractivity contribution in [3.63, 3.8) is 0 Å². The average molecular weight is 236 g/mol. The zero-order valence-corrected chi connectivity index (χ0v) is 10.6. The van der Waals surface area contributed by atoms with E-state index >= 15 is 0 Å². The molecule has 4 nitrogen and oxygen atoms in total. The van der Waals surface area contributed by atoms with Crippen LogP contribution in [0.4, 0.5) is 5.69 Å². The first-order valence-electron chi connectivity index (χ1n) is 5.38. The summed E-state index contributed by atoms with van der Waals surface area (Å²) in [6, 6.07) is 0. The Kier molecular flexibility index (Phi) is 2.96. The van der Waals surface area contributed by atoms with E-state index in [0.29, 0.717) is 0 Å². The van der Waals surface area contributed by atoms with Gasteiger partial charge in [-0.1, -0.05) is 6.92 Å². The zero-order chi connectivity index (χ0) is 11.7. The number of anilines is 1. The zero-order valence-electron chi connectivity index (χ0n) is 9.82. The molecule has 0 saturated heterocycles. The Morgan fingerprint density at radius 2 is 2.12 bits per heavy atom. The molecule has 5 heteroatoms. The van der Waals surface area contributed by atoms with Crippen LogP contribution in [-0.4, -0.2) is 14.8 Å². The van der Waals surface area contributed by atoms with Crippen LogP contribution >= 0.6 is 11.3 Å². The second-order valence-corrected chi connectivity index (χ2v) is 4.76. The van der Waals surface area contributed by atoms with Gasteiger partial charge in [-0.25, -0.2) is 0 Å². The SMILES string of the molecule is CCCn1c(C)nnc1-c1scc(C)c1N. The van der Waals surface area contributed by atoms with Gasteiger partial charge in [0, 0.05) is 6.54 Å². The molecular formula is C11H16N4S. The minimum Gasteiger partial charge on any atom is -0.397 e. The Morgan fingerprint density at radius 1 is 1.38 bits per heavy atom. The highest BCUT2D eigenvalue weighted by molar-refractivity contribution is 7.14. The molecule has 0 aliphatic carbocycles. The lowest BCUT2D eigenvalue weighted by molar-refractivity contribution is 0.663. The largest absolute Gasteiger partial charge is 0.397 e. The number of hydrogen-bond acceptors (Lipinski definition) is 4. The van der Waals surface area contributed by atoms with E-state index in [2.05, 4.69) is 27.1 Å². The summed E-state index contributed by atoms with van der Waals surface area (Å²) in [6.45, 7) is 7.07. The number of aryl methyl sites for hydroxylation is 2. The Bertz CT molecular complexity index is 498. The molecule has 0 aromatic carbocycles. The average Bonchev–Trinajstić information content (AvgIpc) is 2.76. The molecule has 0 radical (unpaired) electrons. The summed E-state index contributed by atoms with van der Waals surface area (Å²) >= 11 is 1.63. The van der Waals surface area contributed by atoms with Gasteiger partial charge in [-0.2, -0.15) is 0 Å². The van der Waals surface area contributed by atoms with Gasteiger partial charge in [0.1, 0.15) is 5.82 Å². The Balaban J connectivity index is 2.51. The first kappa shape index (κ1) is 11.1. The third kappa shape index (κ3) is 1.71. The molecule has 0 aliphatic heterocycles. The number of aromatic nitrogens is 3. The molecule has 0 amide bonds. The molecule has 0 unspecified atom stereocenters. The van der Waals surface area contributed by atoms with E-state index in [4.69, 9.17) is 5.73 Å². The molecular weight excluding hydrogens is 220 g/mol. The van der Waals surface area contributed by atoms with Crippen molar-refractivity contribution in [3.8, 4) is 10.7 Å². The quantitative estimate of drug-likeness (QED) is 0.891. The van der Waals surface area contributed by atoms with Crippen LogP contribution in [0.25, 0.3) is 10.7 Å². The number of thiophene rings is 1. The Labute approximate surface area is 99.1 Å². The predicted molar refractivity (Wildman–Crippen MR) is 67.5 cm³/mol. The van der Waals surface area contributed by atoms with Gasteiger partial charge in [0.25, 0.3) is 0 Å². The Morgan fingerprint density at radius 3 is 2.69 bits per heavy atom. The van der Waals surface area contributed by atoms with E-state index in [1.165, 1.54) is 0 Å². The summed E-state index contributed by atoms with van der Waals surface area (Å²) < 4.78 is 2.13. The second-order valence-electron chi connectivity index (χ2n) is 3.88. The third-order valence-electron chi connectivity index (χ3n) is 2.61. The molecule has 0 fully saturated rings. The fourth-order valence-corrected chi connectivity index (χ4v) is 2.63. The summed E-state index contributed by atoms with van der Waals surface area (Å²) in [4.78, 5) is 1.03. The van der Waals surface area contributed by atoms with Crippen molar-refractivity contribution in [2.75, 3.05) is 5.73 Å². The standard InChI is InChI=1S/C11H16N4S/c1-4-5-15-8(3)13-14-11(15)10-9(12)7(2)6-16-10/h6H,4-5,12H2,1-3H3. The molecule has 16 heavy (non-hydrogen) atoms. The number of rotatable bonds is 3. The maximum atomic E-state index is 6.04. The summed E-state index contributed by atoms with van der Waals surface area (Å²) in [6.07, 6.45) is 1.07. The summed E-state index contributed by atoms with van der Waals surface area (Å²) in [7, 11) is 0. The second kappa shape index (κ2) is 4.25. The fourth-order valence-electron chi connectivity index (χ4n) is 1.67. The predicted octanol–water partition coefficient (Wildman–Crippen LogP) is 2.62. The van der Waals surface area contributed by atoms with Crippen LogP contribution in [0, 0.1) is 13.8 Å². The van der Waals surface area contributed by atoms with Crippen molar-refractivity contribution in [3.05, 3.63) is 16.8 Å². The monoisotopic (exact) mass is 236 g/mol. The number of nitrogens with zero attached hydrogens (tertiary/aromatic N) is 3. The molecule has 2 aromatic rings. The first-order valence-corrected chi connectivity index (χ1v) is 6.26. The van der Waals surface area contributed by atoms with Crippen molar-refractivity contribution in [1.82, 2.24) is 14.8 Å². The van der Waals surface area contributed by atoms with Crippen LogP contribution in [-0.2, 0) is 6.54 Å². The topological polar surface area (TPSA) is 56.7 Å². The maximum Gasteiger partial charge on any atom is 0.176 e. The van der Waals surface area contributed by atoms with Gasteiger partial charge < -0.3 is 10.3 Å². The highest BCUT2D eigenvalue weighted by atomic mass is 32.1. The summed E-state index contributed by atoms with van der Waals surface area (Å²) in [5.74, 6) is 1.84. The van der Waals surface area contributed by atoms with Crippen molar-refractivity contribution >= 4 is 17.0 Å². The van der Waals surface area contributed by atoms with E-state index in [9.17, 15) is 0 Å². The van der Waals surface area contributed by atoms with Gasteiger partial charge in [-0.15, -0.1) is 21.5 Å². The van der Waals surface area contributed by atoms with Gasteiger partial charge in [-0.3, -0.25) is 0 Å². The molecule has 0 spiro atoms. The molecule has 2 aromatic heterocycles. The molecule has 0 bridgehead atoms. The molecule has 86 valence electrons. The minimum absolute atomic E-state index is 0.828. The fraction of sp³-hybridized carbons (Fsp3) is 0.455. The van der Waals surface area contributed by atoms with Gasteiger partial charge in [-0.05, 0) is 31.2 Å². The third-order valence-corrected chi connectivity index (χ3v) is 3.72. The normalized spacial score (nSPS) is 10.9. The highest BCUT2D eigenvalue weighted by Crippen LogP contribution is 2.33. The van der Waals surface area contributed by atoms with Crippen molar-refractivity contribution in [2.24, 2.45) is 0 Å². The lowest BCUT2D eigenvalue weighted by atomic mass is 10.2. The number of nitrogen functional groups attached to an aromatic ring is 1. The van der Waals surface area contributed by atoms with E-state index in [1.807, 2.05) is 13.8 Å². The molecule has 0 saturated carbocycles. The molecule has 0 atom stereocenters. The maximum absolute atomic E-state index is 6.04. The van der Waals surface area contributed by atoms with Crippen LogP contribution in [0.3, 0.4) is 0 Å². The Hall–Kier alpha value is -1.36. The lowest BCUT2D eigenvalue weighted by Gasteiger charge is -2.06. The van der Waals surface area contributed by atoms with Crippen molar-refractivity contribution in [1.29, 1.82) is 0 Å². The number of hydrogen-bond donors (Lipinski definition) is 1. The van der Waals surface area contributed by atoms with Crippen LogP contribution in [0.1, 0.15) is 24.7 Å². The molecule has 2 rings (SSSR count). The van der Waals surface area contributed by atoms with E-state index in [1.54, 1.807) is 11.3 Å². The molecule has 0 aliphatic rings. The van der Waals surface area contributed by atoms with E-state index in [-0.39, 0.29) is 0 Å². The smallest absolute Gasteiger partial charge is 0.176 e. The van der Waals surface area contributed by atoms with E-state index < -0.39 is 0 Å². The molecule has 2 N–H and O–H groups in total. The van der Waals surface area contributed by atoms with Crippen LogP contribution in [0.15, 0.2) is 5.38 Å². The highest BCUT2D eigenvalue weighted by Gasteiger charge is 2.15. The van der Waals surface area contributed by atoms with Crippen molar-refractivity contribution < 1.29 is 0 Å².